The highest BCUT2D eigenvalue weighted by atomic mass is 16.5. The molecule has 1 aromatic rings. The van der Waals surface area contributed by atoms with Gasteiger partial charge in [0.1, 0.15) is 0 Å². The van der Waals surface area contributed by atoms with Crippen LogP contribution in [0.25, 0.3) is 0 Å². The van der Waals surface area contributed by atoms with Crippen LogP contribution in [-0.2, 0) is 37.0 Å². The maximum atomic E-state index is 5.71. The minimum Gasteiger partial charge on any atom is -0.362 e. The summed E-state index contributed by atoms with van der Waals surface area (Å²) in [6.07, 6.45) is 7.75. The summed E-state index contributed by atoms with van der Waals surface area (Å²) in [7, 11) is 1.93. The summed E-state index contributed by atoms with van der Waals surface area (Å²) in [4.78, 5) is 0. The maximum absolute atomic E-state index is 5.71. The van der Waals surface area contributed by atoms with Crippen LogP contribution in [0.4, 0.5) is 0 Å². The van der Waals surface area contributed by atoms with Crippen LogP contribution in [0, 0.1) is 0 Å². The molecule has 0 radical (unpaired) electrons. The van der Waals surface area contributed by atoms with E-state index in [2.05, 4.69) is 11.4 Å². The van der Waals surface area contributed by atoms with Crippen molar-refractivity contribution in [1.29, 1.82) is 0 Å². The van der Waals surface area contributed by atoms with Crippen LogP contribution >= 0.6 is 0 Å². The van der Waals surface area contributed by atoms with Gasteiger partial charge in [-0.2, -0.15) is 0 Å². The van der Waals surface area contributed by atoms with Crippen LogP contribution in [0.3, 0.4) is 0 Å². The van der Waals surface area contributed by atoms with Crippen molar-refractivity contribution < 1.29 is 4.74 Å². The molecule has 1 aromatic carbocycles. The zero-order valence-corrected chi connectivity index (χ0v) is 10.6. The van der Waals surface area contributed by atoms with E-state index in [4.69, 9.17) is 4.74 Å². The van der Waals surface area contributed by atoms with Crippen molar-refractivity contribution in [2.45, 2.75) is 45.1 Å². The van der Waals surface area contributed by atoms with Crippen LogP contribution in [-0.4, -0.2) is 13.8 Å². The summed E-state index contributed by atoms with van der Waals surface area (Å²) >= 11 is 0. The van der Waals surface area contributed by atoms with Gasteiger partial charge in [-0.25, -0.2) is 0 Å². The molecule has 0 fully saturated rings. The molecule has 3 rings (SSSR count). The third kappa shape index (κ3) is 2.00. The molecule has 0 amide bonds. The molecule has 0 unspecified atom stereocenters. The second-order valence-electron chi connectivity index (χ2n) is 5.18. The lowest BCUT2D eigenvalue weighted by molar-refractivity contribution is 0.108. The fraction of sp³-hybridized carbons (Fsp3) is 0.600. The van der Waals surface area contributed by atoms with Crippen molar-refractivity contribution in [1.82, 2.24) is 5.32 Å². The molecule has 2 aliphatic carbocycles. The van der Waals surface area contributed by atoms with Crippen molar-refractivity contribution in [3.8, 4) is 0 Å². The van der Waals surface area contributed by atoms with Gasteiger partial charge in [0.25, 0.3) is 0 Å². The molecule has 2 aliphatic rings. The molecule has 17 heavy (non-hydrogen) atoms. The van der Waals surface area contributed by atoms with E-state index < -0.39 is 0 Å². The van der Waals surface area contributed by atoms with E-state index in [0.717, 1.165) is 6.61 Å². The molecule has 2 heteroatoms. The molecule has 1 N–H and O–H groups in total. The number of nitrogens with one attached hydrogen (secondary N) is 1. The standard InChI is InChI=1S/C15H21NO/c1-16-10-17-9-15-13-6-2-4-11(13)8-12-5-3-7-14(12)15/h8,16H,2-7,9-10H2,1H3. The number of rotatable bonds is 4. The molecular weight excluding hydrogens is 210 g/mol. The van der Waals surface area contributed by atoms with Crippen LogP contribution < -0.4 is 5.32 Å². The first-order chi connectivity index (χ1) is 8.40. The predicted molar refractivity (Wildman–Crippen MR) is 69.2 cm³/mol. The van der Waals surface area contributed by atoms with Gasteiger partial charge in [0, 0.05) is 0 Å². The zero-order valence-electron chi connectivity index (χ0n) is 10.6. The van der Waals surface area contributed by atoms with Crippen LogP contribution in [0.5, 0.6) is 0 Å². The van der Waals surface area contributed by atoms with E-state index in [-0.39, 0.29) is 0 Å². The van der Waals surface area contributed by atoms with E-state index in [1.807, 2.05) is 7.05 Å². The predicted octanol–water partition coefficient (Wildman–Crippen LogP) is 2.36. The quantitative estimate of drug-likeness (QED) is 0.634. The lowest BCUT2D eigenvalue weighted by Crippen LogP contribution is -2.13. The molecule has 0 bridgehead atoms. The topological polar surface area (TPSA) is 21.3 Å². The Balaban J connectivity index is 1.94. The summed E-state index contributed by atoms with van der Waals surface area (Å²) < 4.78 is 5.71. The van der Waals surface area contributed by atoms with Crippen molar-refractivity contribution in [2.75, 3.05) is 13.8 Å². The average Bonchev–Trinajstić information content (AvgIpc) is 2.95. The summed E-state index contributed by atoms with van der Waals surface area (Å²) in [6.45, 7) is 1.45. The van der Waals surface area contributed by atoms with E-state index in [0.29, 0.717) is 6.73 Å². The molecule has 0 aromatic heterocycles. The molecule has 0 aliphatic heterocycles. The molecule has 0 atom stereocenters. The third-order valence-corrected chi connectivity index (χ3v) is 4.09. The SMILES string of the molecule is CNCOCc1c2c(cc3c1CCC3)CCC2. The highest BCUT2D eigenvalue weighted by Crippen LogP contribution is 2.35. The van der Waals surface area contributed by atoms with Gasteiger partial charge >= 0.3 is 0 Å². The van der Waals surface area contributed by atoms with E-state index in [1.54, 1.807) is 22.3 Å². The molecule has 0 heterocycles. The second kappa shape index (κ2) is 4.79. The number of aryl methyl sites for hydroxylation is 2. The summed E-state index contributed by atoms with van der Waals surface area (Å²) in [5, 5.41) is 3.05. The van der Waals surface area contributed by atoms with Crippen molar-refractivity contribution in [2.24, 2.45) is 0 Å². The Morgan fingerprint density at radius 3 is 2.29 bits per heavy atom. The smallest absolute Gasteiger partial charge is 0.0967 e. The number of hydrogen-bond donors (Lipinski definition) is 1. The Morgan fingerprint density at radius 2 is 1.71 bits per heavy atom. The van der Waals surface area contributed by atoms with Crippen molar-refractivity contribution in [3.63, 3.8) is 0 Å². The average molecular weight is 231 g/mol. The molecule has 2 nitrogen and oxygen atoms in total. The zero-order chi connectivity index (χ0) is 11.7. The highest BCUT2D eigenvalue weighted by Gasteiger charge is 2.23. The lowest BCUT2D eigenvalue weighted by Gasteiger charge is -2.15. The maximum Gasteiger partial charge on any atom is 0.0967 e. The molecule has 92 valence electrons. The van der Waals surface area contributed by atoms with Crippen LogP contribution in [0.15, 0.2) is 6.07 Å². The lowest BCUT2D eigenvalue weighted by atomic mass is 9.95. The summed E-state index contributed by atoms with van der Waals surface area (Å²) in [6, 6.07) is 2.48. The highest BCUT2D eigenvalue weighted by molar-refractivity contribution is 5.49. The number of benzene rings is 1. The van der Waals surface area contributed by atoms with Gasteiger partial charge in [0.05, 0.1) is 13.3 Å². The Labute approximate surface area is 103 Å². The molecular formula is C15H21NO. The van der Waals surface area contributed by atoms with Crippen molar-refractivity contribution in [3.05, 3.63) is 33.9 Å². The van der Waals surface area contributed by atoms with E-state index in [9.17, 15) is 0 Å². The first-order valence-corrected chi connectivity index (χ1v) is 6.78. The van der Waals surface area contributed by atoms with Crippen LogP contribution in [0.2, 0.25) is 0 Å². The number of ether oxygens (including phenoxy) is 1. The van der Waals surface area contributed by atoms with Crippen molar-refractivity contribution >= 4 is 0 Å². The normalized spacial score (nSPS) is 17.2. The van der Waals surface area contributed by atoms with Crippen LogP contribution in [0.1, 0.15) is 40.7 Å². The Hall–Kier alpha value is -0.860. The number of hydrogen-bond acceptors (Lipinski definition) is 2. The van der Waals surface area contributed by atoms with Gasteiger partial charge in [-0.3, -0.25) is 5.32 Å². The van der Waals surface area contributed by atoms with Gasteiger partial charge in [0.15, 0.2) is 0 Å². The Morgan fingerprint density at radius 1 is 1.06 bits per heavy atom. The first-order valence-electron chi connectivity index (χ1n) is 6.78. The first kappa shape index (κ1) is 11.2. The monoisotopic (exact) mass is 231 g/mol. The molecule has 0 saturated carbocycles. The second-order valence-corrected chi connectivity index (χ2v) is 5.18. The van der Waals surface area contributed by atoms with Gasteiger partial charge in [-0.1, -0.05) is 6.07 Å². The summed E-state index contributed by atoms with van der Waals surface area (Å²) in [5.74, 6) is 0. The minimum atomic E-state index is 0.651. The van der Waals surface area contributed by atoms with Gasteiger partial charge in [0.2, 0.25) is 0 Å². The minimum absolute atomic E-state index is 0.651. The fourth-order valence-electron chi connectivity index (χ4n) is 3.36. The van der Waals surface area contributed by atoms with Gasteiger partial charge < -0.3 is 4.74 Å². The third-order valence-electron chi connectivity index (χ3n) is 4.09. The largest absolute Gasteiger partial charge is 0.362 e. The van der Waals surface area contributed by atoms with E-state index in [1.165, 1.54) is 44.1 Å². The number of fused-ring (bicyclic) bond motifs is 2. The van der Waals surface area contributed by atoms with E-state index >= 15 is 0 Å². The summed E-state index contributed by atoms with van der Waals surface area (Å²) in [5.41, 5.74) is 7.97. The fourth-order valence-corrected chi connectivity index (χ4v) is 3.36. The molecule has 0 saturated heterocycles. The Kier molecular flexibility index (Phi) is 3.17. The van der Waals surface area contributed by atoms with Gasteiger partial charge in [-0.15, -0.1) is 0 Å². The Bertz CT molecular complexity index is 393. The van der Waals surface area contributed by atoms with Gasteiger partial charge in [-0.05, 0) is 73.4 Å². The molecule has 0 spiro atoms.